The van der Waals surface area contributed by atoms with Gasteiger partial charge in [0.25, 0.3) is 0 Å². The van der Waals surface area contributed by atoms with Crippen molar-refractivity contribution in [3.05, 3.63) is 57.6 Å². The average Bonchev–Trinajstić information content (AvgIpc) is 2.86. The number of nitro benzene ring substituents is 1. The Morgan fingerprint density at radius 2 is 1.86 bits per heavy atom. The first-order valence-electron chi connectivity index (χ1n) is 12.0. The third kappa shape index (κ3) is 7.86. The van der Waals surface area contributed by atoms with E-state index < -0.39 is 26.3 Å². The number of nitrogens with one attached hydrogen (secondary N) is 1. The molecule has 1 N–H and O–H groups in total. The van der Waals surface area contributed by atoms with Gasteiger partial charge in [-0.2, -0.15) is 0 Å². The summed E-state index contributed by atoms with van der Waals surface area (Å²) in [6, 6.07) is 9.79. The van der Waals surface area contributed by atoms with Crippen molar-refractivity contribution in [3.63, 3.8) is 0 Å². The maximum atomic E-state index is 13.2. The molecule has 2 aromatic rings. The molecule has 10 nitrogen and oxygen atoms in total. The quantitative estimate of drug-likeness (QED) is 0.290. The van der Waals surface area contributed by atoms with Gasteiger partial charge in [-0.25, -0.2) is 0 Å². The first-order chi connectivity index (χ1) is 17.5. The predicted octanol–water partition coefficient (Wildman–Crippen LogP) is 3.69. The van der Waals surface area contributed by atoms with Crippen LogP contribution in [0, 0.1) is 10.1 Å². The number of benzene rings is 2. The van der Waals surface area contributed by atoms with Gasteiger partial charge in [0.2, 0.25) is 0 Å². The van der Waals surface area contributed by atoms with Gasteiger partial charge in [-0.15, -0.1) is 0 Å². The number of carbonyl (C=O) groups is 2. The molecule has 1 saturated heterocycles. The molecule has 199 valence electrons. The molecule has 0 aliphatic carbocycles. The number of rotatable bonds is 8. The second kappa shape index (κ2) is 12.3. The fraction of sp³-hybridized carbons (Fsp3) is 0.462. The van der Waals surface area contributed by atoms with Crippen molar-refractivity contribution >= 4 is 37.8 Å². The van der Waals surface area contributed by atoms with Crippen LogP contribution in [0.25, 0.3) is 0 Å². The van der Waals surface area contributed by atoms with E-state index in [1.54, 1.807) is 30.2 Å². The Morgan fingerprint density at radius 1 is 1.14 bits per heavy atom. The van der Waals surface area contributed by atoms with Crippen LogP contribution in [0.2, 0.25) is 4.71 Å². The number of methoxy groups -OCH3 is 2. The van der Waals surface area contributed by atoms with Crippen LogP contribution < -0.4 is 19.1 Å². The number of carbonyl (C=O) groups excluding carboxylic acids is 2. The van der Waals surface area contributed by atoms with Crippen LogP contribution in [0.5, 0.6) is 11.5 Å². The molecule has 2 aromatic carbocycles. The fourth-order valence-corrected chi connectivity index (χ4v) is 6.99. The van der Waals surface area contributed by atoms with E-state index in [1.807, 2.05) is 26.8 Å². The monoisotopic (exact) mass is 574 g/mol. The second-order valence-electron chi connectivity index (χ2n) is 9.68. The molecular weight excluding hydrogens is 541 g/mol. The van der Waals surface area contributed by atoms with Crippen LogP contribution in [-0.2, 0) is 11.3 Å². The van der Waals surface area contributed by atoms with E-state index in [2.05, 4.69) is 5.32 Å². The van der Waals surface area contributed by atoms with Gasteiger partial charge in [-0.05, 0) is 0 Å². The van der Waals surface area contributed by atoms with E-state index in [1.165, 1.54) is 19.2 Å². The first-order valence-corrected chi connectivity index (χ1v) is 14.0. The summed E-state index contributed by atoms with van der Waals surface area (Å²) in [5.41, 5.74) is 0.380. The number of nitro groups is 1. The molecule has 37 heavy (non-hydrogen) atoms. The van der Waals surface area contributed by atoms with Crippen LogP contribution in [0.4, 0.5) is 10.5 Å². The molecule has 1 aliphatic heterocycles. The molecule has 0 aromatic heterocycles. The Kier molecular flexibility index (Phi) is 9.43. The molecule has 1 atom stereocenters. The molecule has 11 heteroatoms. The number of hydrogen-bond donors (Lipinski definition) is 1. The van der Waals surface area contributed by atoms with Crippen molar-refractivity contribution in [1.29, 1.82) is 0 Å². The number of hydrogen-bond acceptors (Lipinski definition) is 7. The van der Waals surface area contributed by atoms with Crippen LogP contribution in [0.1, 0.15) is 49.5 Å². The first kappa shape index (κ1) is 28.3. The van der Waals surface area contributed by atoms with Gasteiger partial charge in [-0.3, -0.25) is 0 Å². The second-order valence-corrected chi connectivity index (χ2v) is 12.8. The van der Waals surface area contributed by atoms with E-state index in [0.717, 1.165) is 22.8 Å². The van der Waals surface area contributed by atoms with Crippen molar-refractivity contribution in [2.45, 2.75) is 50.5 Å². The third-order valence-corrected chi connectivity index (χ3v) is 8.76. The molecule has 1 fully saturated rings. The SMILES string of the molecule is COc1ccc(CNC(=O)c2cc([N+](=O)[O-])ccc2[As]C2CCCN(C(=O)OC(C)(C)C)C2)cc1OC. The van der Waals surface area contributed by atoms with Crippen LogP contribution >= 0.6 is 0 Å². The zero-order valence-corrected chi connectivity index (χ0v) is 23.7. The standard InChI is InChI=1S/C26H33AsN3O7/c1-26(2,3)37-25(32)29-12-6-7-18(16-29)27-21-10-9-19(30(33)34)14-20(21)24(31)28-15-17-8-11-22(35-4)23(13-17)36-5/h8-11,13-14,18H,6-7,12,15-16H2,1-5H3,(H,28,31). The number of likely N-dealkylation sites (tertiary alicyclic amines) is 1. The molecule has 1 radical (unpaired) electrons. The van der Waals surface area contributed by atoms with Crippen molar-refractivity contribution in [1.82, 2.24) is 10.2 Å². The normalized spacial score (nSPS) is 15.9. The zero-order chi connectivity index (χ0) is 27.2. The topological polar surface area (TPSA) is 120 Å². The molecule has 2 amide bonds. The summed E-state index contributed by atoms with van der Waals surface area (Å²) in [4.78, 5) is 38.4. The third-order valence-electron chi connectivity index (χ3n) is 5.71. The summed E-state index contributed by atoms with van der Waals surface area (Å²) in [5.74, 6) is 0.737. The molecule has 0 spiro atoms. The Balaban J connectivity index is 1.75. The predicted molar refractivity (Wildman–Crippen MR) is 140 cm³/mol. The summed E-state index contributed by atoms with van der Waals surface area (Å²) in [6.07, 6.45) is 1.42. The minimum absolute atomic E-state index is 0.139. The van der Waals surface area contributed by atoms with Gasteiger partial charge >= 0.3 is 224 Å². The molecule has 1 aliphatic rings. The fourth-order valence-electron chi connectivity index (χ4n) is 3.95. The van der Waals surface area contributed by atoms with E-state index in [0.29, 0.717) is 30.2 Å². The summed E-state index contributed by atoms with van der Waals surface area (Å²) in [6.45, 7) is 6.89. The number of non-ortho nitro benzene ring substituents is 1. The van der Waals surface area contributed by atoms with E-state index in [-0.39, 0.29) is 28.9 Å². The van der Waals surface area contributed by atoms with E-state index >= 15 is 0 Å². The minimum atomic E-state index is -0.574. The van der Waals surface area contributed by atoms with Crippen molar-refractivity contribution < 1.29 is 28.7 Å². The van der Waals surface area contributed by atoms with E-state index in [4.69, 9.17) is 14.2 Å². The summed E-state index contributed by atoms with van der Waals surface area (Å²) < 4.78 is 17.1. The van der Waals surface area contributed by atoms with Gasteiger partial charge in [0.15, 0.2) is 0 Å². The number of nitrogens with zero attached hydrogens (tertiary/aromatic N) is 2. The van der Waals surface area contributed by atoms with Gasteiger partial charge in [0, 0.05) is 0 Å². The number of amides is 2. The maximum absolute atomic E-state index is 13.2. The molecule has 0 saturated carbocycles. The Bertz CT molecular complexity index is 1150. The van der Waals surface area contributed by atoms with Crippen molar-refractivity contribution in [2.24, 2.45) is 0 Å². The summed E-state index contributed by atoms with van der Waals surface area (Å²) in [7, 11) is 3.08. The molecular formula is C26H33AsN3O7. The van der Waals surface area contributed by atoms with Gasteiger partial charge < -0.3 is 0 Å². The Labute approximate surface area is 223 Å². The summed E-state index contributed by atoms with van der Waals surface area (Å²) in [5, 5.41) is 14.3. The molecule has 1 unspecified atom stereocenters. The van der Waals surface area contributed by atoms with E-state index in [9.17, 15) is 19.7 Å². The summed E-state index contributed by atoms with van der Waals surface area (Å²) >= 11 is -0.538. The number of piperidine rings is 1. The van der Waals surface area contributed by atoms with Crippen molar-refractivity contribution in [2.75, 3.05) is 27.3 Å². The van der Waals surface area contributed by atoms with Gasteiger partial charge in [-0.1, -0.05) is 0 Å². The molecule has 3 rings (SSSR count). The van der Waals surface area contributed by atoms with Gasteiger partial charge in [0.1, 0.15) is 0 Å². The Morgan fingerprint density at radius 3 is 2.51 bits per heavy atom. The van der Waals surface area contributed by atoms with Crippen LogP contribution in [-0.4, -0.2) is 70.5 Å². The zero-order valence-electron chi connectivity index (χ0n) is 21.8. The molecule has 1 heterocycles. The average molecular weight is 574 g/mol. The molecule has 0 bridgehead atoms. The van der Waals surface area contributed by atoms with Gasteiger partial charge in [0.05, 0.1) is 0 Å². The van der Waals surface area contributed by atoms with Crippen LogP contribution in [0.3, 0.4) is 0 Å². The van der Waals surface area contributed by atoms with Crippen LogP contribution in [0.15, 0.2) is 36.4 Å². The number of ether oxygens (including phenoxy) is 3. The Hall–Kier alpha value is -3.26. The van der Waals surface area contributed by atoms with Crippen molar-refractivity contribution in [3.8, 4) is 11.5 Å².